The lowest BCUT2D eigenvalue weighted by atomic mass is 9.88. The fraction of sp³-hybridized carbons (Fsp3) is 0.667. The minimum absolute atomic E-state index is 0.657. The molecule has 2 fully saturated rings. The average Bonchev–Trinajstić information content (AvgIpc) is 2.60. The van der Waals surface area contributed by atoms with E-state index in [9.17, 15) is 0 Å². The summed E-state index contributed by atoms with van der Waals surface area (Å²) >= 11 is 0. The van der Waals surface area contributed by atoms with Crippen LogP contribution >= 0.6 is 0 Å². The van der Waals surface area contributed by atoms with E-state index in [1.165, 1.54) is 101 Å². The van der Waals surface area contributed by atoms with Crippen LogP contribution < -0.4 is 0 Å². The van der Waals surface area contributed by atoms with E-state index in [0.29, 0.717) is 11.8 Å². The van der Waals surface area contributed by atoms with E-state index in [1.54, 1.807) is 0 Å². The normalized spacial score (nSPS) is 21.7. The van der Waals surface area contributed by atoms with Gasteiger partial charge in [-0.25, -0.2) is 0 Å². The van der Waals surface area contributed by atoms with Crippen molar-refractivity contribution in [3.63, 3.8) is 0 Å². The van der Waals surface area contributed by atoms with Gasteiger partial charge in [-0.15, -0.1) is 0 Å². The zero-order chi connectivity index (χ0) is 17.6. The maximum atomic E-state index is 5.03. The van der Waals surface area contributed by atoms with E-state index in [1.807, 2.05) is 0 Å². The Labute approximate surface area is 158 Å². The maximum Gasteiger partial charge on any atom is 0.0890 e. The summed E-state index contributed by atoms with van der Waals surface area (Å²) in [5.41, 5.74) is 4.80. The predicted molar refractivity (Wildman–Crippen MR) is 110 cm³/mol. The molecule has 2 nitrogen and oxygen atoms in total. The van der Waals surface area contributed by atoms with E-state index in [4.69, 9.17) is 9.97 Å². The quantitative estimate of drug-likeness (QED) is 0.568. The molecule has 2 aromatic heterocycles. The fourth-order valence-corrected chi connectivity index (χ4v) is 5.00. The fourth-order valence-electron chi connectivity index (χ4n) is 5.00. The van der Waals surface area contributed by atoms with E-state index < -0.39 is 0 Å². The lowest BCUT2D eigenvalue weighted by Crippen LogP contribution is -2.06. The van der Waals surface area contributed by atoms with Gasteiger partial charge in [0.15, 0.2) is 0 Å². The van der Waals surface area contributed by atoms with Gasteiger partial charge in [0.25, 0.3) is 0 Å². The molecule has 2 heteroatoms. The maximum absolute atomic E-state index is 5.03. The van der Waals surface area contributed by atoms with E-state index in [-0.39, 0.29) is 0 Å². The van der Waals surface area contributed by atoms with Gasteiger partial charge in [0, 0.05) is 23.2 Å². The van der Waals surface area contributed by atoms with Gasteiger partial charge < -0.3 is 0 Å². The summed E-state index contributed by atoms with van der Waals surface area (Å²) in [5, 5.41) is 0. The van der Waals surface area contributed by atoms with Crippen molar-refractivity contribution < 1.29 is 0 Å². The van der Waals surface area contributed by atoms with Gasteiger partial charge in [-0.2, -0.15) is 0 Å². The van der Waals surface area contributed by atoms with Crippen molar-refractivity contribution in [1.82, 2.24) is 9.97 Å². The van der Waals surface area contributed by atoms with Crippen LogP contribution in [-0.2, 0) is 0 Å². The van der Waals surface area contributed by atoms with Crippen molar-refractivity contribution in [2.24, 2.45) is 0 Å². The summed E-state index contributed by atoms with van der Waals surface area (Å²) in [6.07, 6.45) is 19.1. The first kappa shape index (κ1) is 17.9. The molecule has 0 bridgehead atoms. The zero-order valence-corrected chi connectivity index (χ0v) is 16.3. The summed E-state index contributed by atoms with van der Waals surface area (Å²) in [7, 11) is 0. The molecule has 2 aliphatic carbocycles. The van der Waals surface area contributed by atoms with E-state index in [2.05, 4.69) is 24.3 Å². The Hall–Kier alpha value is -1.44. The molecule has 0 N–H and O–H groups in total. The zero-order valence-electron chi connectivity index (χ0n) is 16.3. The second kappa shape index (κ2) is 8.97. The Bertz CT molecular complexity index is 631. The Morgan fingerprint density at radius 3 is 1.19 bits per heavy atom. The van der Waals surface area contributed by atoms with Crippen LogP contribution in [-0.4, -0.2) is 9.97 Å². The summed E-state index contributed by atoms with van der Waals surface area (Å²) in [5.74, 6) is 1.31. The van der Waals surface area contributed by atoms with Crippen LogP contribution in [0.15, 0.2) is 24.3 Å². The molecule has 0 spiro atoms. The van der Waals surface area contributed by atoms with Crippen molar-refractivity contribution in [2.45, 2.75) is 102 Å². The molecular formula is C24H34N2. The van der Waals surface area contributed by atoms with Crippen LogP contribution in [0.25, 0.3) is 11.0 Å². The predicted octanol–water partition coefficient (Wildman–Crippen LogP) is 7.29. The van der Waals surface area contributed by atoms with Gasteiger partial charge in [0.05, 0.1) is 11.0 Å². The third kappa shape index (κ3) is 4.45. The molecule has 26 heavy (non-hydrogen) atoms. The van der Waals surface area contributed by atoms with Gasteiger partial charge in [0.2, 0.25) is 0 Å². The monoisotopic (exact) mass is 350 g/mol. The van der Waals surface area contributed by atoms with Gasteiger partial charge in [-0.1, -0.05) is 64.2 Å². The number of rotatable bonds is 2. The Morgan fingerprint density at radius 2 is 0.808 bits per heavy atom. The van der Waals surface area contributed by atoms with Gasteiger partial charge in [-0.05, 0) is 49.9 Å². The number of hydrogen-bond donors (Lipinski definition) is 0. The SMILES string of the molecule is c1cc2nc(C3CCCCCCC3)ccc2nc1C1CCCCCCC1. The largest absolute Gasteiger partial charge is 0.251 e. The van der Waals surface area contributed by atoms with Crippen molar-refractivity contribution >= 4 is 11.0 Å². The molecule has 0 unspecified atom stereocenters. The molecule has 0 aromatic carbocycles. The van der Waals surface area contributed by atoms with Crippen LogP contribution in [0.4, 0.5) is 0 Å². The lowest BCUT2D eigenvalue weighted by molar-refractivity contribution is 0.449. The van der Waals surface area contributed by atoms with E-state index in [0.717, 1.165) is 11.0 Å². The molecule has 2 aliphatic rings. The highest BCUT2D eigenvalue weighted by Gasteiger charge is 2.17. The first-order valence-electron chi connectivity index (χ1n) is 11.2. The van der Waals surface area contributed by atoms with E-state index >= 15 is 0 Å². The molecule has 140 valence electrons. The summed E-state index contributed by atoms with van der Waals surface area (Å²) < 4.78 is 0. The lowest BCUT2D eigenvalue weighted by Gasteiger charge is -2.21. The summed E-state index contributed by atoms with van der Waals surface area (Å²) in [6.45, 7) is 0. The minimum Gasteiger partial charge on any atom is -0.251 e. The molecule has 0 radical (unpaired) electrons. The number of fused-ring (bicyclic) bond motifs is 1. The average molecular weight is 351 g/mol. The number of nitrogens with zero attached hydrogens (tertiary/aromatic N) is 2. The van der Waals surface area contributed by atoms with Gasteiger partial charge in [0.1, 0.15) is 0 Å². The van der Waals surface area contributed by atoms with Crippen LogP contribution in [0.1, 0.15) is 113 Å². The molecule has 0 aliphatic heterocycles. The highest BCUT2D eigenvalue weighted by atomic mass is 14.8. The molecule has 4 rings (SSSR count). The van der Waals surface area contributed by atoms with Crippen LogP contribution in [0.2, 0.25) is 0 Å². The third-order valence-electron chi connectivity index (χ3n) is 6.63. The molecule has 2 aromatic rings. The molecule has 0 amide bonds. The molecular weight excluding hydrogens is 316 g/mol. The Morgan fingerprint density at radius 1 is 0.462 bits per heavy atom. The minimum atomic E-state index is 0.657. The number of pyridine rings is 2. The Kier molecular flexibility index (Phi) is 6.19. The number of hydrogen-bond acceptors (Lipinski definition) is 2. The van der Waals surface area contributed by atoms with Crippen molar-refractivity contribution in [3.05, 3.63) is 35.7 Å². The van der Waals surface area contributed by atoms with Crippen molar-refractivity contribution in [1.29, 1.82) is 0 Å². The topological polar surface area (TPSA) is 25.8 Å². The second-order valence-corrected chi connectivity index (χ2v) is 8.59. The highest BCUT2D eigenvalue weighted by Crippen LogP contribution is 2.33. The molecule has 2 heterocycles. The van der Waals surface area contributed by atoms with Gasteiger partial charge in [-0.3, -0.25) is 9.97 Å². The number of aromatic nitrogens is 2. The van der Waals surface area contributed by atoms with Crippen molar-refractivity contribution in [2.75, 3.05) is 0 Å². The summed E-state index contributed by atoms with van der Waals surface area (Å²) in [6, 6.07) is 9.01. The van der Waals surface area contributed by atoms with Crippen LogP contribution in [0.3, 0.4) is 0 Å². The van der Waals surface area contributed by atoms with Crippen molar-refractivity contribution in [3.8, 4) is 0 Å². The molecule has 2 saturated carbocycles. The molecule has 0 saturated heterocycles. The second-order valence-electron chi connectivity index (χ2n) is 8.59. The third-order valence-corrected chi connectivity index (χ3v) is 6.63. The van der Waals surface area contributed by atoms with Crippen LogP contribution in [0.5, 0.6) is 0 Å². The highest BCUT2D eigenvalue weighted by molar-refractivity contribution is 5.74. The van der Waals surface area contributed by atoms with Gasteiger partial charge >= 0.3 is 0 Å². The Balaban J connectivity index is 1.53. The smallest absolute Gasteiger partial charge is 0.0890 e. The first-order chi connectivity index (χ1) is 12.9. The molecule has 0 atom stereocenters. The standard InChI is InChI=1S/C24H34N2/c1-3-7-11-19(12-8-4-1)21-15-17-24-23(25-21)18-16-22(26-24)20-13-9-5-2-6-10-14-20/h15-20H,1-14H2. The summed E-state index contributed by atoms with van der Waals surface area (Å²) in [4.78, 5) is 10.1. The van der Waals surface area contributed by atoms with Crippen LogP contribution in [0, 0.1) is 0 Å². The first-order valence-corrected chi connectivity index (χ1v) is 11.2.